The molecule has 0 aromatic heterocycles. The number of nitrogens with zero attached hydrogens (tertiary/aromatic N) is 2. The summed E-state index contributed by atoms with van der Waals surface area (Å²) < 4.78 is 43.6. The number of likely N-dealkylation sites (tertiary alicyclic amines) is 1. The highest BCUT2D eigenvalue weighted by atomic mass is 127. The van der Waals surface area contributed by atoms with E-state index in [1.165, 1.54) is 30.6 Å². The first-order valence-corrected chi connectivity index (χ1v) is 11.3. The van der Waals surface area contributed by atoms with Gasteiger partial charge in [0, 0.05) is 37.6 Å². The molecule has 0 bridgehead atoms. The first kappa shape index (κ1) is 24.4. The van der Waals surface area contributed by atoms with Crippen LogP contribution in [0.2, 0.25) is 0 Å². The fraction of sp³-hybridized carbons (Fsp3) is 0.952. The van der Waals surface area contributed by atoms with E-state index in [4.69, 9.17) is 4.74 Å². The van der Waals surface area contributed by atoms with Crippen LogP contribution < -0.4 is 10.6 Å². The van der Waals surface area contributed by atoms with Crippen LogP contribution in [0.15, 0.2) is 4.99 Å². The summed E-state index contributed by atoms with van der Waals surface area (Å²) in [7, 11) is 1.81. The van der Waals surface area contributed by atoms with Gasteiger partial charge in [0.05, 0.1) is 12.6 Å². The van der Waals surface area contributed by atoms with Gasteiger partial charge in [0.2, 0.25) is 0 Å². The molecule has 5 nitrogen and oxygen atoms in total. The summed E-state index contributed by atoms with van der Waals surface area (Å²) in [6.45, 7) is 2.02. The molecule has 2 saturated carbocycles. The lowest BCUT2D eigenvalue weighted by atomic mass is 9.54. The Morgan fingerprint density at radius 2 is 1.87 bits per heavy atom. The zero-order valence-electron chi connectivity index (χ0n) is 17.8. The van der Waals surface area contributed by atoms with Gasteiger partial charge in [-0.05, 0) is 57.5 Å². The fourth-order valence-electron chi connectivity index (χ4n) is 6.33. The van der Waals surface area contributed by atoms with E-state index >= 15 is 0 Å². The summed E-state index contributed by atoms with van der Waals surface area (Å²) in [4.78, 5) is 5.96. The van der Waals surface area contributed by atoms with Gasteiger partial charge in [0.15, 0.2) is 5.96 Å². The molecule has 174 valence electrons. The predicted octanol–water partition coefficient (Wildman–Crippen LogP) is 3.78. The first-order valence-electron chi connectivity index (χ1n) is 11.3. The number of fused-ring (bicyclic) bond motifs is 2. The maximum Gasteiger partial charge on any atom is 0.401 e. The summed E-state index contributed by atoms with van der Waals surface area (Å²) in [6, 6.07) is 0.453. The van der Waals surface area contributed by atoms with Gasteiger partial charge in [-0.2, -0.15) is 13.2 Å². The monoisotopic (exact) mass is 544 g/mol. The Kier molecular flexibility index (Phi) is 8.20. The van der Waals surface area contributed by atoms with Crippen molar-refractivity contribution in [2.45, 2.75) is 69.7 Å². The molecule has 4 fully saturated rings. The maximum absolute atomic E-state index is 12.5. The van der Waals surface area contributed by atoms with E-state index in [2.05, 4.69) is 15.6 Å². The van der Waals surface area contributed by atoms with Crippen LogP contribution in [-0.4, -0.2) is 69.0 Å². The van der Waals surface area contributed by atoms with Gasteiger partial charge < -0.3 is 15.4 Å². The van der Waals surface area contributed by atoms with Crippen LogP contribution in [0.4, 0.5) is 13.2 Å². The number of piperidine rings is 1. The molecule has 3 atom stereocenters. The van der Waals surface area contributed by atoms with Crippen molar-refractivity contribution in [3.05, 3.63) is 0 Å². The number of hydrogen-bond acceptors (Lipinski definition) is 3. The third-order valence-corrected chi connectivity index (χ3v) is 7.76. The van der Waals surface area contributed by atoms with E-state index in [0.717, 1.165) is 44.8 Å². The molecule has 4 aliphatic rings. The smallest absolute Gasteiger partial charge is 0.377 e. The van der Waals surface area contributed by atoms with Gasteiger partial charge >= 0.3 is 6.18 Å². The van der Waals surface area contributed by atoms with E-state index in [-0.39, 0.29) is 24.0 Å². The summed E-state index contributed by atoms with van der Waals surface area (Å²) in [5, 5.41) is 7.16. The molecular weight excluding hydrogens is 508 g/mol. The van der Waals surface area contributed by atoms with Crippen LogP contribution in [0.5, 0.6) is 0 Å². The van der Waals surface area contributed by atoms with E-state index in [9.17, 15) is 13.2 Å². The molecule has 2 N–H and O–H groups in total. The molecule has 4 rings (SSSR count). The van der Waals surface area contributed by atoms with Gasteiger partial charge in [-0.3, -0.25) is 9.89 Å². The van der Waals surface area contributed by atoms with Crippen molar-refractivity contribution in [3.8, 4) is 0 Å². The summed E-state index contributed by atoms with van der Waals surface area (Å²) >= 11 is 0. The van der Waals surface area contributed by atoms with Crippen molar-refractivity contribution in [3.63, 3.8) is 0 Å². The third kappa shape index (κ3) is 5.19. The standard InChI is InChI=1S/C21H35F3N4O.HI/c1-25-19(26-10-4-15-5-11-28(12-6-15)14-21(22,23)24)27-17-16-7-13-29-18(16)20(17)8-2-3-9-20;/h15-18H,2-14H2,1H3,(H2,25,26,27);1H. The van der Waals surface area contributed by atoms with Crippen molar-refractivity contribution in [2.75, 3.05) is 39.8 Å². The van der Waals surface area contributed by atoms with Crippen LogP contribution in [-0.2, 0) is 4.74 Å². The van der Waals surface area contributed by atoms with Crippen molar-refractivity contribution in [2.24, 2.45) is 22.2 Å². The van der Waals surface area contributed by atoms with E-state index < -0.39 is 12.7 Å². The number of ether oxygens (including phenoxy) is 1. The molecule has 2 aliphatic heterocycles. The molecule has 2 saturated heterocycles. The average molecular weight is 544 g/mol. The minimum absolute atomic E-state index is 0. The number of hydrogen-bond donors (Lipinski definition) is 2. The van der Waals surface area contributed by atoms with E-state index in [1.54, 1.807) is 0 Å². The van der Waals surface area contributed by atoms with Crippen LogP contribution in [0.25, 0.3) is 0 Å². The molecule has 9 heteroatoms. The van der Waals surface area contributed by atoms with Gasteiger partial charge in [0.1, 0.15) is 0 Å². The SMILES string of the molecule is CN=C(NCCC1CCN(CC(F)(F)F)CC1)NC1C2CCOC2C12CCCC2.I. The molecule has 2 heterocycles. The van der Waals surface area contributed by atoms with Crippen molar-refractivity contribution < 1.29 is 17.9 Å². The number of guanidine groups is 1. The number of rotatable bonds is 5. The Morgan fingerprint density at radius 1 is 1.17 bits per heavy atom. The minimum atomic E-state index is -4.09. The zero-order valence-corrected chi connectivity index (χ0v) is 20.2. The number of nitrogens with one attached hydrogen (secondary N) is 2. The van der Waals surface area contributed by atoms with Crippen LogP contribution in [0.1, 0.15) is 51.4 Å². The highest BCUT2D eigenvalue weighted by Crippen LogP contribution is 2.60. The van der Waals surface area contributed by atoms with Crippen molar-refractivity contribution in [1.29, 1.82) is 0 Å². The maximum atomic E-state index is 12.5. The van der Waals surface area contributed by atoms with Crippen LogP contribution in [0.3, 0.4) is 0 Å². The van der Waals surface area contributed by atoms with Crippen LogP contribution >= 0.6 is 24.0 Å². The second-order valence-electron chi connectivity index (χ2n) is 9.43. The van der Waals surface area contributed by atoms with E-state index in [1.807, 2.05) is 7.05 Å². The summed E-state index contributed by atoms with van der Waals surface area (Å²) in [5.41, 5.74) is 0.296. The van der Waals surface area contributed by atoms with Gasteiger partial charge in [-0.1, -0.05) is 12.8 Å². The lowest BCUT2D eigenvalue weighted by Crippen LogP contribution is -2.69. The zero-order chi connectivity index (χ0) is 20.5. The number of aliphatic imine (C=N–C) groups is 1. The Bertz CT molecular complexity index is 589. The highest BCUT2D eigenvalue weighted by molar-refractivity contribution is 14.0. The quantitative estimate of drug-likeness (QED) is 0.315. The Balaban J connectivity index is 0.00000256. The highest BCUT2D eigenvalue weighted by Gasteiger charge is 2.65. The molecule has 0 radical (unpaired) electrons. The molecule has 3 unspecified atom stereocenters. The predicted molar refractivity (Wildman–Crippen MR) is 122 cm³/mol. The van der Waals surface area contributed by atoms with Crippen LogP contribution in [0, 0.1) is 17.3 Å². The van der Waals surface area contributed by atoms with Gasteiger partial charge in [-0.15, -0.1) is 24.0 Å². The number of halogens is 4. The first-order chi connectivity index (χ1) is 13.9. The Morgan fingerprint density at radius 3 is 2.50 bits per heavy atom. The lowest BCUT2D eigenvalue weighted by molar-refractivity contribution is -0.148. The fourth-order valence-corrected chi connectivity index (χ4v) is 6.33. The minimum Gasteiger partial charge on any atom is -0.377 e. The molecule has 30 heavy (non-hydrogen) atoms. The van der Waals surface area contributed by atoms with Crippen molar-refractivity contribution in [1.82, 2.24) is 15.5 Å². The molecule has 0 aromatic rings. The molecule has 0 amide bonds. The molecule has 1 spiro atoms. The van der Waals surface area contributed by atoms with Gasteiger partial charge in [0.25, 0.3) is 0 Å². The Hall–Kier alpha value is -0.290. The topological polar surface area (TPSA) is 48.9 Å². The van der Waals surface area contributed by atoms with E-state index in [0.29, 0.717) is 42.5 Å². The van der Waals surface area contributed by atoms with Crippen molar-refractivity contribution >= 4 is 29.9 Å². The normalized spacial score (nSPS) is 31.9. The largest absolute Gasteiger partial charge is 0.401 e. The summed E-state index contributed by atoms with van der Waals surface area (Å²) in [5.74, 6) is 1.95. The summed E-state index contributed by atoms with van der Waals surface area (Å²) in [6.07, 6.45) is 5.24. The number of alkyl halides is 3. The lowest BCUT2D eigenvalue weighted by Gasteiger charge is -2.57. The second-order valence-corrected chi connectivity index (χ2v) is 9.43. The average Bonchev–Trinajstić information content (AvgIpc) is 3.33. The Labute approximate surface area is 195 Å². The molecular formula is C21H36F3IN4O. The molecule has 0 aromatic carbocycles. The second kappa shape index (κ2) is 10.1. The molecule has 2 aliphatic carbocycles. The van der Waals surface area contributed by atoms with Gasteiger partial charge in [-0.25, -0.2) is 0 Å². The third-order valence-electron chi connectivity index (χ3n) is 7.76.